The van der Waals surface area contributed by atoms with Crippen LogP contribution in [0.25, 0.3) is 0 Å². The van der Waals surface area contributed by atoms with Crippen LogP contribution in [0.3, 0.4) is 0 Å². The van der Waals surface area contributed by atoms with Crippen LogP contribution in [0.1, 0.15) is 16.1 Å². The Bertz CT molecular complexity index is 572. The fourth-order valence-electron chi connectivity index (χ4n) is 1.53. The molecule has 110 valence electrons. The van der Waals surface area contributed by atoms with Crippen molar-refractivity contribution in [1.29, 1.82) is 0 Å². The number of nitrogens with zero attached hydrogens (tertiary/aromatic N) is 1. The predicted octanol–water partition coefficient (Wildman–Crippen LogP) is -0.936. The minimum absolute atomic E-state index is 0.152. The van der Waals surface area contributed by atoms with E-state index in [4.69, 9.17) is 5.11 Å². The lowest BCUT2D eigenvalue weighted by Crippen LogP contribution is -2.44. The largest absolute Gasteiger partial charge is 0.467 e. The van der Waals surface area contributed by atoms with Crippen molar-refractivity contribution in [3.8, 4) is 0 Å². The second-order valence-corrected chi connectivity index (χ2v) is 4.58. The highest BCUT2D eigenvalue weighted by molar-refractivity contribution is 7.98. The number of H-pyrrole nitrogens is 1. The van der Waals surface area contributed by atoms with Crippen molar-refractivity contribution in [2.45, 2.75) is 18.0 Å². The normalized spacial score (nSPS) is 11.8. The number of aryl methyl sites for hydroxylation is 1. The van der Waals surface area contributed by atoms with E-state index in [2.05, 4.69) is 20.0 Å². The quantitative estimate of drug-likeness (QED) is 0.365. The van der Waals surface area contributed by atoms with Gasteiger partial charge >= 0.3 is 11.7 Å². The molecule has 1 amide bonds. The number of hydrogen-bond donors (Lipinski definition) is 3. The van der Waals surface area contributed by atoms with Crippen LogP contribution < -0.4 is 11.0 Å². The number of ether oxygens (including phenoxy) is 1. The van der Waals surface area contributed by atoms with E-state index >= 15 is 0 Å². The second kappa shape index (κ2) is 7.06. The molecule has 0 saturated heterocycles. The number of hydrogen-bond acceptors (Lipinski definition) is 7. The highest BCUT2D eigenvalue weighted by atomic mass is 32.2. The first-order valence-electron chi connectivity index (χ1n) is 5.59. The van der Waals surface area contributed by atoms with Crippen LogP contribution in [0.5, 0.6) is 0 Å². The Labute approximate surface area is 118 Å². The van der Waals surface area contributed by atoms with Gasteiger partial charge in [-0.1, -0.05) is 0 Å². The molecule has 0 aliphatic heterocycles. The number of amides is 1. The third-order valence-corrected chi connectivity index (χ3v) is 3.16. The van der Waals surface area contributed by atoms with Gasteiger partial charge in [0.05, 0.1) is 19.3 Å². The second-order valence-electron chi connectivity index (χ2n) is 3.78. The number of carbonyl (C=O) groups excluding carboxylic acids is 2. The maximum Gasteiger partial charge on any atom is 0.346 e. The molecular formula is C11H15N3O5S. The number of thioether (sulfide) groups is 1. The number of esters is 1. The van der Waals surface area contributed by atoms with Crippen molar-refractivity contribution < 1.29 is 19.4 Å². The van der Waals surface area contributed by atoms with Crippen LogP contribution in [0.2, 0.25) is 0 Å². The van der Waals surface area contributed by atoms with Crippen LogP contribution in [0.4, 0.5) is 0 Å². The summed E-state index contributed by atoms with van der Waals surface area (Å²) in [5.74, 6) is -1.39. The molecule has 0 bridgehead atoms. The number of aliphatic hydroxyl groups is 1. The van der Waals surface area contributed by atoms with Crippen LogP contribution >= 0.6 is 11.8 Å². The first-order chi connectivity index (χ1) is 9.44. The van der Waals surface area contributed by atoms with E-state index in [-0.39, 0.29) is 10.6 Å². The molecule has 0 spiro atoms. The third-order valence-electron chi connectivity index (χ3n) is 2.48. The van der Waals surface area contributed by atoms with Gasteiger partial charge in [0, 0.05) is 5.69 Å². The van der Waals surface area contributed by atoms with E-state index < -0.39 is 30.2 Å². The van der Waals surface area contributed by atoms with Gasteiger partial charge < -0.3 is 20.1 Å². The summed E-state index contributed by atoms with van der Waals surface area (Å²) in [6.07, 6.45) is 1.67. The topological polar surface area (TPSA) is 121 Å². The summed E-state index contributed by atoms with van der Waals surface area (Å²) >= 11 is 1.13. The summed E-state index contributed by atoms with van der Waals surface area (Å²) in [4.78, 5) is 40.8. The molecule has 1 atom stereocenters. The number of nitrogens with one attached hydrogen (secondary N) is 2. The summed E-state index contributed by atoms with van der Waals surface area (Å²) in [5, 5.41) is 11.6. The summed E-state index contributed by atoms with van der Waals surface area (Å²) in [7, 11) is 1.15. The van der Waals surface area contributed by atoms with Gasteiger partial charge in [-0.2, -0.15) is 4.98 Å². The van der Waals surface area contributed by atoms with Gasteiger partial charge in [0.25, 0.3) is 5.91 Å². The third kappa shape index (κ3) is 3.58. The number of methoxy groups -OCH3 is 1. The van der Waals surface area contributed by atoms with E-state index in [0.717, 1.165) is 18.9 Å². The minimum atomic E-state index is -1.17. The summed E-state index contributed by atoms with van der Waals surface area (Å²) < 4.78 is 4.45. The molecule has 1 aromatic heterocycles. The van der Waals surface area contributed by atoms with E-state index in [0.29, 0.717) is 5.69 Å². The Kier molecular flexibility index (Phi) is 5.71. The fourth-order valence-corrected chi connectivity index (χ4v) is 2.15. The van der Waals surface area contributed by atoms with Crippen molar-refractivity contribution in [3.05, 3.63) is 21.7 Å². The zero-order chi connectivity index (χ0) is 15.3. The molecule has 20 heavy (non-hydrogen) atoms. The number of aliphatic hydroxyl groups excluding tert-OH is 1. The monoisotopic (exact) mass is 301 g/mol. The first-order valence-corrected chi connectivity index (χ1v) is 6.81. The Morgan fingerprint density at radius 3 is 2.70 bits per heavy atom. The molecule has 0 aliphatic rings. The molecule has 0 fully saturated rings. The van der Waals surface area contributed by atoms with Crippen LogP contribution in [-0.2, 0) is 9.53 Å². The lowest BCUT2D eigenvalue weighted by atomic mass is 10.2. The van der Waals surface area contributed by atoms with Crippen molar-refractivity contribution in [2.24, 2.45) is 0 Å². The zero-order valence-corrected chi connectivity index (χ0v) is 12.0. The summed E-state index contributed by atoms with van der Waals surface area (Å²) in [6, 6.07) is -1.17. The molecule has 9 heteroatoms. The average molecular weight is 301 g/mol. The standard InChI is InChI=1S/C11H15N3O5S/c1-5-7(9(20-3)14-11(18)12-5)8(16)13-6(4-15)10(17)19-2/h6,15H,4H2,1-3H3,(H,13,16)(H,12,14,18). The molecule has 0 saturated carbocycles. The van der Waals surface area contributed by atoms with Gasteiger partial charge in [-0.15, -0.1) is 11.8 Å². The Morgan fingerprint density at radius 1 is 1.55 bits per heavy atom. The Hall–Kier alpha value is -1.87. The fraction of sp³-hybridized carbons (Fsp3) is 0.455. The predicted molar refractivity (Wildman–Crippen MR) is 71.7 cm³/mol. The van der Waals surface area contributed by atoms with Crippen molar-refractivity contribution in [2.75, 3.05) is 20.0 Å². The molecule has 8 nitrogen and oxygen atoms in total. The molecule has 1 aromatic rings. The SMILES string of the molecule is COC(=O)C(CO)NC(=O)c1c(SC)nc(=O)[nH]c1C. The number of rotatable bonds is 5. The van der Waals surface area contributed by atoms with E-state index in [1.807, 2.05) is 0 Å². The van der Waals surface area contributed by atoms with Crippen LogP contribution in [0, 0.1) is 6.92 Å². The van der Waals surface area contributed by atoms with E-state index in [1.54, 1.807) is 13.2 Å². The van der Waals surface area contributed by atoms with Crippen LogP contribution in [-0.4, -0.2) is 53.0 Å². The number of carbonyl (C=O) groups is 2. The summed E-state index contributed by atoms with van der Waals surface area (Å²) in [6.45, 7) is 0.951. The lowest BCUT2D eigenvalue weighted by Gasteiger charge is -2.15. The molecule has 1 unspecified atom stereocenters. The molecule has 1 rings (SSSR count). The van der Waals surface area contributed by atoms with E-state index in [9.17, 15) is 14.4 Å². The van der Waals surface area contributed by atoms with Gasteiger partial charge in [-0.25, -0.2) is 9.59 Å². The Morgan fingerprint density at radius 2 is 2.20 bits per heavy atom. The van der Waals surface area contributed by atoms with Crippen LogP contribution in [0.15, 0.2) is 9.82 Å². The molecular weight excluding hydrogens is 286 g/mol. The molecule has 1 heterocycles. The zero-order valence-electron chi connectivity index (χ0n) is 11.2. The molecule has 0 aliphatic carbocycles. The average Bonchev–Trinajstić information content (AvgIpc) is 2.42. The smallest absolute Gasteiger partial charge is 0.346 e. The Balaban J connectivity index is 3.09. The van der Waals surface area contributed by atoms with E-state index in [1.165, 1.54) is 0 Å². The molecule has 3 N–H and O–H groups in total. The highest BCUT2D eigenvalue weighted by Crippen LogP contribution is 2.17. The lowest BCUT2D eigenvalue weighted by molar-refractivity contribution is -0.143. The van der Waals surface area contributed by atoms with Crippen molar-refractivity contribution in [3.63, 3.8) is 0 Å². The van der Waals surface area contributed by atoms with Crippen molar-refractivity contribution in [1.82, 2.24) is 15.3 Å². The highest BCUT2D eigenvalue weighted by Gasteiger charge is 2.24. The number of aromatic amines is 1. The minimum Gasteiger partial charge on any atom is -0.467 e. The molecule has 0 aromatic carbocycles. The van der Waals surface area contributed by atoms with Gasteiger partial charge in [0.2, 0.25) is 0 Å². The van der Waals surface area contributed by atoms with Gasteiger partial charge in [-0.05, 0) is 13.2 Å². The molecule has 0 radical (unpaired) electrons. The van der Waals surface area contributed by atoms with Gasteiger partial charge in [0.1, 0.15) is 5.03 Å². The first kappa shape index (κ1) is 16.2. The van der Waals surface area contributed by atoms with Gasteiger partial charge in [0.15, 0.2) is 6.04 Å². The maximum atomic E-state index is 12.1. The number of aromatic nitrogens is 2. The van der Waals surface area contributed by atoms with Crippen molar-refractivity contribution >= 4 is 23.6 Å². The maximum absolute atomic E-state index is 12.1. The van der Waals surface area contributed by atoms with Gasteiger partial charge in [-0.3, -0.25) is 4.79 Å². The summed E-state index contributed by atoms with van der Waals surface area (Å²) in [5.41, 5.74) is -0.0806.